The summed E-state index contributed by atoms with van der Waals surface area (Å²) in [7, 11) is 0. The zero-order chi connectivity index (χ0) is 22.4. The monoisotopic (exact) mass is 431 g/mol. The standard InChI is InChI=1S/C22H11F6N3/c1-2-18-19(14-4-3-9-29-11-14)31-12-15(10-17(20(31)30-18)22(26,27)28)13-5-7-16(8-6-13)21(23,24)25/h1,3-12H. The fraction of sp³-hybridized carbons (Fsp3) is 0.0909. The highest BCUT2D eigenvalue weighted by atomic mass is 19.4. The maximum absolute atomic E-state index is 13.8. The average molecular weight is 431 g/mol. The minimum absolute atomic E-state index is 0.0110. The smallest absolute Gasteiger partial charge is 0.297 e. The van der Waals surface area contributed by atoms with E-state index in [1.807, 2.05) is 0 Å². The number of benzene rings is 1. The molecule has 156 valence electrons. The summed E-state index contributed by atoms with van der Waals surface area (Å²) in [6.45, 7) is 0. The van der Waals surface area contributed by atoms with E-state index in [0.29, 0.717) is 5.56 Å². The number of rotatable bonds is 2. The van der Waals surface area contributed by atoms with Crippen LogP contribution in [0.25, 0.3) is 28.0 Å². The van der Waals surface area contributed by atoms with Crippen molar-refractivity contribution in [3.63, 3.8) is 0 Å². The lowest BCUT2D eigenvalue weighted by atomic mass is 10.0. The fourth-order valence-corrected chi connectivity index (χ4v) is 3.24. The van der Waals surface area contributed by atoms with Crippen LogP contribution in [-0.4, -0.2) is 14.4 Å². The molecule has 3 nitrogen and oxygen atoms in total. The number of halogens is 6. The number of hydrogen-bond acceptors (Lipinski definition) is 2. The lowest BCUT2D eigenvalue weighted by molar-refractivity contribution is -0.138. The molecule has 0 unspecified atom stereocenters. The first-order chi connectivity index (χ1) is 14.6. The SMILES string of the molecule is C#Cc1nc2c(C(F)(F)F)cc(-c3ccc(C(F)(F)F)cc3)cn2c1-c1cccnc1. The normalized spacial score (nSPS) is 12.2. The van der Waals surface area contributed by atoms with Crippen LogP contribution < -0.4 is 0 Å². The number of fused-ring (bicyclic) bond motifs is 1. The molecule has 0 bridgehead atoms. The molecule has 3 aromatic heterocycles. The molecule has 0 aliphatic carbocycles. The van der Waals surface area contributed by atoms with Gasteiger partial charge in [0.2, 0.25) is 0 Å². The number of terminal acetylenes is 1. The number of hydrogen-bond donors (Lipinski definition) is 0. The van der Waals surface area contributed by atoms with Gasteiger partial charge in [-0.2, -0.15) is 26.3 Å². The minimum Gasteiger partial charge on any atom is -0.297 e. The van der Waals surface area contributed by atoms with Crippen LogP contribution >= 0.6 is 0 Å². The van der Waals surface area contributed by atoms with Crippen molar-refractivity contribution in [2.24, 2.45) is 0 Å². The zero-order valence-corrected chi connectivity index (χ0v) is 15.5. The van der Waals surface area contributed by atoms with Crippen molar-refractivity contribution < 1.29 is 26.3 Å². The quantitative estimate of drug-likeness (QED) is 0.284. The molecule has 0 atom stereocenters. The summed E-state index contributed by atoms with van der Waals surface area (Å²) in [5.41, 5.74) is -1.48. The molecule has 0 spiro atoms. The van der Waals surface area contributed by atoms with Crippen LogP contribution in [0.1, 0.15) is 16.8 Å². The first kappa shape index (κ1) is 20.5. The predicted octanol–water partition coefficient (Wildman–Crippen LogP) is 6.08. The van der Waals surface area contributed by atoms with Gasteiger partial charge in [-0.25, -0.2) is 4.98 Å². The van der Waals surface area contributed by atoms with Gasteiger partial charge in [0, 0.05) is 24.2 Å². The summed E-state index contributed by atoms with van der Waals surface area (Å²) in [5.74, 6) is 2.29. The molecular formula is C22H11F6N3. The molecule has 0 saturated heterocycles. The summed E-state index contributed by atoms with van der Waals surface area (Å²) in [6.07, 6.45) is 0.450. The molecule has 0 amide bonds. The summed E-state index contributed by atoms with van der Waals surface area (Å²) in [6, 6.07) is 7.93. The van der Waals surface area contributed by atoms with Gasteiger partial charge < -0.3 is 0 Å². The Morgan fingerprint density at radius 2 is 1.58 bits per heavy atom. The Bertz CT molecular complexity index is 1290. The van der Waals surface area contributed by atoms with E-state index in [4.69, 9.17) is 6.42 Å². The molecule has 3 heterocycles. The third-order valence-electron chi connectivity index (χ3n) is 4.64. The second kappa shape index (κ2) is 7.16. The molecule has 0 radical (unpaired) electrons. The van der Waals surface area contributed by atoms with Crippen LogP contribution in [0.3, 0.4) is 0 Å². The predicted molar refractivity (Wildman–Crippen MR) is 102 cm³/mol. The van der Waals surface area contributed by atoms with Crippen molar-refractivity contribution in [3.8, 4) is 34.7 Å². The number of aromatic nitrogens is 3. The largest absolute Gasteiger partial charge is 0.420 e. The third kappa shape index (κ3) is 3.72. The van der Waals surface area contributed by atoms with Crippen molar-refractivity contribution in [3.05, 3.63) is 77.9 Å². The van der Waals surface area contributed by atoms with Crippen LogP contribution in [0.2, 0.25) is 0 Å². The number of nitrogens with zero attached hydrogens (tertiary/aromatic N) is 3. The van der Waals surface area contributed by atoms with Crippen LogP contribution in [0.5, 0.6) is 0 Å². The highest BCUT2D eigenvalue weighted by Gasteiger charge is 2.36. The number of alkyl halides is 6. The Labute approximate surface area is 172 Å². The van der Waals surface area contributed by atoms with Gasteiger partial charge in [0.05, 0.1) is 16.8 Å². The summed E-state index contributed by atoms with van der Waals surface area (Å²) < 4.78 is 81.2. The van der Waals surface area contributed by atoms with Gasteiger partial charge in [-0.3, -0.25) is 9.38 Å². The van der Waals surface area contributed by atoms with E-state index in [-0.39, 0.29) is 22.5 Å². The van der Waals surface area contributed by atoms with Crippen LogP contribution in [-0.2, 0) is 12.4 Å². The second-order valence-corrected chi connectivity index (χ2v) is 6.60. The fourth-order valence-electron chi connectivity index (χ4n) is 3.24. The molecule has 0 saturated carbocycles. The van der Waals surface area contributed by atoms with E-state index in [1.54, 1.807) is 12.1 Å². The zero-order valence-electron chi connectivity index (χ0n) is 15.5. The summed E-state index contributed by atoms with van der Waals surface area (Å²) in [5, 5.41) is 0. The molecule has 0 N–H and O–H groups in total. The number of imidazole rings is 1. The van der Waals surface area contributed by atoms with E-state index in [1.165, 1.54) is 23.0 Å². The Balaban J connectivity index is 2.01. The van der Waals surface area contributed by atoms with Crippen LogP contribution in [0.15, 0.2) is 61.1 Å². The Hall–Kier alpha value is -3.80. The second-order valence-electron chi connectivity index (χ2n) is 6.60. The average Bonchev–Trinajstić information content (AvgIpc) is 3.11. The lowest BCUT2D eigenvalue weighted by Crippen LogP contribution is -2.09. The molecule has 9 heteroatoms. The van der Waals surface area contributed by atoms with Crippen molar-refractivity contribution in [2.75, 3.05) is 0 Å². The van der Waals surface area contributed by atoms with Gasteiger partial charge in [0.25, 0.3) is 0 Å². The Morgan fingerprint density at radius 1 is 0.871 bits per heavy atom. The lowest BCUT2D eigenvalue weighted by Gasteiger charge is -2.13. The van der Waals surface area contributed by atoms with Gasteiger partial charge in [-0.15, -0.1) is 6.42 Å². The van der Waals surface area contributed by atoms with E-state index in [0.717, 1.165) is 30.3 Å². The van der Waals surface area contributed by atoms with Crippen molar-refractivity contribution in [2.45, 2.75) is 12.4 Å². The molecule has 0 aliphatic rings. The summed E-state index contributed by atoms with van der Waals surface area (Å²) >= 11 is 0. The Morgan fingerprint density at radius 3 is 2.13 bits per heavy atom. The maximum Gasteiger partial charge on any atom is 0.420 e. The number of pyridine rings is 2. The van der Waals surface area contributed by atoms with Gasteiger partial charge in [0.15, 0.2) is 5.65 Å². The molecule has 0 fully saturated rings. The Kier molecular flexibility index (Phi) is 4.73. The van der Waals surface area contributed by atoms with Crippen LogP contribution in [0.4, 0.5) is 26.3 Å². The highest BCUT2D eigenvalue weighted by molar-refractivity contribution is 5.75. The van der Waals surface area contributed by atoms with Gasteiger partial charge in [-0.1, -0.05) is 12.1 Å². The van der Waals surface area contributed by atoms with Crippen LogP contribution in [0, 0.1) is 12.3 Å². The van der Waals surface area contributed by atoms with Crippen molar-refractivity contribution in [1.82, 2.24) is 14.4 Å². The van der Waals surface area contributed by atoms with E-state index in [2.05, 4.69) is 15.9 Å². The maximum atomic E-state index is 13.8. The molecule has 31 heavy (non-hydrogen) atoms. The minimum atomic E-state index is -4.77. The first-order valence-corrected chi connectivity index (χ1v) is 8.77. The highest BCUT2D eigenvalue weighted by Crippen LogP contribution is 2.38. The molecular weight excluding hydrogens is 420 g/mol. The third-order valence-corrected chi connectivity index (χ3v) is 4.64. The molecule has 1 aromatic carbocycles. The summed E-state index contributed by atoms with van der Waals surface area (Å²) in [4.78, 5) is 7.95. The van der Waals surface area contributed by atoms with Gasteiger partial charge in [0.1, 0.15) is 5.69 Å². The van der Waals surface area contributed by atoms with Gasteiger partial charge >= 0.3 is 12.4 Å². The van der Waals surface area contributed by atoms with Crippen molar-refractivity contribution in [1.29, 1.82) is 0 Å². The van der Waals surface area contributed by atoms with Gasteiger partial charge in [-0.05, 0) is 47.4 Å². The van der Waals surface area contributed by atoms with E-state index >= 15 is 0 Å². The topological polar surface area (TPSA) is 30.2 Å². The van der Waals surface area contributed by atoms with E-state index < -0.39 is 29.1 Å². The van der Waals surface area contributed by atoms with Crippen molar-refractivity contribution >= 4 is 5.65 Å². The molecule has 4 rings (SSSR count). The van der Waals surface area contributed by atoms with E-state index in [9.17, 15) is 26.3 Å². The first-order valence-electron chi connectivity index (χ1n) is 8.77. The molecule has 0 aliphatic heterocycles. The molecule has 4 aromatic rings.